The summed E-state index contributed by atoms with van der Waals surface area (Å²) in [5, 5.41) is 15.7. The molecule has 3 amide bonds. The summed E-state index contributed by atoms with van der Waals surface area (Å²) in [4.78, 5) is 33.7. The van der Waals surface area contributed by atoms with Crippen molar-refractivity contribution in [3.63, 3.8) is 0 Å². The third-order valence-corrected chi connectivity index (χ3v) is 4.08. The van der Waals surface area contributed by atoms with Gasteiger partial charge in [0, 0.05) is 12.1 Å². The number of carbonyl (C=O) groups is 2. The van der Waals surface area contributed by atoms with E-state index in [1.165, 1.54) is 24.3 Å². The Morgan fingerprint density at radius 1 is 1.33 bits per heavy atom. The summed E-state index contributed by atoms with van der Waals surface area (Å²) in [6, 6.07) is 5.04. The molecule has 2 rings (SSSR count). The lowest BCUT2D eigenvalue weighted by Crippen LogP contribution is -2.48. The largest absolute Gasteiger partial charge is 0.484 e. The second-order valence-electron chi connectivity index (χ2n) is 5.93. The van der Waals surface area contributed by atoms with Crippen LogP contribution in [-0.2, 0) is 4.79 Å². The number of nitro groups is 1. The highest BCUT2D eigenvalue weighted by molar-refractivity contribution is 5.95. The van der Waals surface area contributed by atoms with Crippen LogP contribution in [0.1, 0.15) is 32.6 Å². The van der Waals surface area contributed by atoms with Crippen molar-refractivity contribution in [3.05, 3.63) is 34.4 Å². The number of hydrogen-bond donors (Lipinski definition) is 2. The third-order valence-electron chi connectivity index (χ3n) is 4.08. The quantitative estimate of drug-likeness (QED) is 0.634. The first-order valence-corrected chi connectivity index (χ1v) is 7.93. The Morgan fingerprint density at radius 3 is 2.79 bits per heavy atom. The van der Waals surface area contributed by atoms with Crippen LogP contribution in [0.4, 0.5) is 10.5 Å². The first-order valence-electron chi connectivity index (χ1n) is 7.93. The number of benzene rings is 1. The summed E-state index contributed by atoms with van der Waals surface area (Å²) in [6.45, 7) is 1.69. The van der Waals surface area contributed by atoms with Crippen LogP contribution in [-0.4, -0.2) is 29.5 Å². The van der Waals surface area contributed by atoms with Gasteiger partial charge in [-0.15, -0.1) is 0 Å². The minimum absolute atomic E-state index is 0.0734. The van der Waals surface area contributed by atoms with Crippen LogP contribution in [0.2, 0.25) is 0 Å². The molecule has 0 unspecified atom stereocenters. The van der Waals surface area contributed by atoms with Crippen molar-refractivity contribution < 1.29 is 19.2 Å². The molecule has 8 nitrogen and oxygen atoms in total. The van der Waals surface area contributed by atoms with Gasteiger partial charge in [0.15, 0.2) is 6.61 Å². The SMILES string of the molecule is C[C@@H]1CCCC[C@H]1NC(=O)NC(=O)COc1cccc([N+](=O)[O-])c1. The molecule has 1 aliphatic carbocycles. The molecule has 0 spiro atoms. The Bertz CT molecular complexity index is 619. The van der Waals surface area contributed by atoms with Crippen molar-refractivity contribution in [2.75, 3.05) is 6.61 Å². The van der Waals surface area contributed by atoms with Gasteiger partial charge in [0.05, 0.1) is 11.0 Å². The Labute approximate surface area is 139 Å². The van der Waals surface area contributed by atoms with Crippen LogP contribution in [0.5, 0.6) is 5.75 Å². The average molecular weight is 335 g/mol. The maximum Gasteiger partial charge on any atom is 0.321 e. The molecular weight excluding hydrogens is 314 g/mol. The first kappa shape index (κ1) is 17.7. The van der Waals surface area contributed by atoms with Gasteiger partial charge >= 0.3 is 6.03 Å². The van der Waals surface area contributed by atoms with E-state index in [2.05, 4.69) is 17.6 Å². The molecule has 0 aliphatic heterocycles. The predicted octanol–water partition coefficient (Wildman–Crippen LogP) is 2.38. The minimum Gasteiger partial charge on any atom is -0.484 e. The fourth-order valence-corrected chi connectivity index (χ4v) is 2.73. The van der Waals surface area contributed by atoms with E-state index in [9.17, 15) is 19.7 Å². The number of imide groups is 1. The van der Waals surface area contributed by atoms with Crippen LogP contribution in [0.3, 0.4) is 0 Å². The van der Waals surface area contributed by atoms with Gasteiger partial charge in [-0.3, -0.25) is 20.2 Å². The summed E-state index contributed by atoms with van der Waals surface area (Å²) in [7, 11) is 0. The van der Waals surface area contributed by atoms with Gasteiger partial charge in [-0.1, -0.05) is 25.8 Å². The average Bonchev–Trinajstić information content (AvgIpc) is 2.55. The van der Waals surface area contributed by atoms with Gasteiger partial charge in [-0.25, -0.2) is 4.79 Å². The molecular formula is C16H21N3O5. The van der Waals surface area contributed by atoms with Crippen LogP contribution < -0.4 is 15.4 Å². The number of non-ortho nitro benzene ring substituents is 1. The smallest absolute Gasteiger partial charge is 0.321 e. The molecule has 130 valence electrons. The van der Waals surface area contributed by atoms with Crippen molar-refractivity contribution in [3.8, 4) is 5.75 Å². The lowest BCUT2D eigenvalue weighted by atomic mass is 9.86. The fraction of sp³-hybridized carbons (Fsp3) is 0.500. The molecule has 2 atom stereocenters. The van der Waals surface area contributed by atoms with E-state index < -0.39 is 23.5 Å². The Balaban J connectivity index is 1.77. The lowest BCUT2D eigenvalue weighted by molar-refractivity contribution is -0.384. The van der Waals surface area contributed by atoms with Crippen LogP contribution in [0.25, 0.3) is 0 Å². The van der Waals surface area contributed by atoms with E-state index >= 15 is 0 Å². The molecule has 0 bridgehead atoms. The molecule has 1 aromatic carbocycles. The zero-order valence-corrected chi connectivity index (χ0v) is 13.5. The van der Waals surface area contributed by atoms with Crippen LogP contribution in [0.15, 0.2) is 24.3 Å². The van der Waals surface area contributed by atoms with Crippen molar-refractivity contribution >= 4 is 17.6 Å². The number of ether oxygens (including phenoxy) is 1. The number of urea groups is 1. The van der Waals surface area contributed by atoms with Gasteiger partial charge < -0.3 is 10.1 Å². The molecule has 24 heavy (non-hydrogen) atoms. The maximum absolute atomic E-state index is 11.8. The molecule has 0 aromatic heterocycles. The predicted molar refractivity (Wildman–Crippen MR) is 86.7 cm³/mol. The van der Waals surface area contributed by atoms with E-state index in [0.717, 1.165) is 25.7 Å². The number of carbonyl (C=O) groups excluding carboxylic acids is 2. The Kier molecular flexibility index (Phi) is 6.11. The van der Waals surface area contributed by atoms with Crippen LogP contribution in [0, 0.1) is 16.0 Å². The van der Waals surface area contributed by atoms with Crippen molar-refractivity contribution in [2.24, 2.45) is 5.92 Å². The van der Waals surface area contributed by atoms with E-state index in [0.29, 0.717) is 5.92 Å². The normalized spacial score (nSPS) is 20.0. The monoisotopic (exact) mass is 335 g/mol. The minimum atomic E-state index is -0.609. The Morgan fingerprint density at radius 2 is 2.08 bits per heavy atom. The maximum atomic E-state index is 11.8. The van der Waals surface area contributed by atoms with E-state index in [1.807, 2.05) is 0 Å². The summed E-state index contributed by atoms with van der Waals surface area (Å²) >= 11 is 0. The summed E-state index contributed by atoms with van der Waals surface area (Å²) < 4.78 is 5.17. The zero-order valence-electron chi connectivity index (χ0n) is 13.5. The molecule has 2 N–H and O–H groups in total. The van der Waals surface area contributed by atoms with Gasteiger partial charge in [0.2, 0.25) is 0 Å². The number of nitrogens with one attached hydrogen (secondary N) is 2. The molecule has 0 heterocycles. The highest BCUT2D eigenvalue weighted by atomic mass is 16.6. The highest BCUT2D eigenvalue weighted by Crippen LogP contribution is 2.23. The summed E-state index contributed by atoms with van der Waals surface area (Å²) in [5.74, 6) is -0.0242. The van der Waals surface area contributed by atoms with Gasteiger partial charge in [0.25, 0.3) is 11.6 Å². The highest BCUT2D eigenvalue weighted by Gasteiger charge is 2.23. The number of nitrogens with zero attached hydrogens (tertiary/aromatic N) is 1. The van der Waals surface area contributed by atoms with E-state index in [-0.39, 0.29) is 17.5 Å². The summed E-state index contributed by atoms with van der Waals surface area (Å²) in [5.41, 5.74) is -0.128. The lowest BCUT2D eigenvalue weighted by Gasteiger charge is -2.29. The summed E-state index contributed by atoms with van der Waals surface area (Å²) in [6.07, 6.45) is 4.21. The first-order chi connectivity index (χ1) is 11.5. The Hall–Kier alpha value is -2.64. The third kappa shape index (κ3) is 5.22. The molecule has 8 heteroatoms. The van der Waals surface area contributed by atoms with Crippen molar-refractivity contribution in [1.82, 2.24) is 10.6 Å². The molecule has 1 fully saturated rings. The number of rotatable bonds is 5. The molecule has 1 aromatic rings. The second-order valence-corrected chi connectivity index (χ2v) is 5.93. The zero-order chi connectivity index (χ0) is 17.5. The number of nitro benzene ring substituents is 1. The molecule has 1 saturated carbocycles. The van der Waals surface area contributed by atoms with Gasteiger partial charge in [0.1, 0.15) is 5.75 Å². The van der Waals surface area contributed by atoms with Gasteiger partial charge in [-0.05, 0) is 24.8 Å². The second kappa shape index (κ2) is 8.28. The van der Waals surface area contributed by atoms with Crippen LogP contribution >= 0.6 is 0 Å². The number of amides is 3. The van der Waals surface area contributed by atoms with E-state index in [1.54, 1.807) is 0 Å². The fourth-order valence-electron chi connectivity index (χ4n) is 2.73. The standard InChI is InChI=1S/C16H21N3O5/c1-11-5-2-3-8-14(11)17-16(21)18-15(20)10-24-13-7-4-6-12(9-13)19(22)23/h4,6-7,9,11,14H,2-3,5,8,10H2,1H3,(H2,17,18,20,21)/t11-,14-/m1/s1. The molecule has 0 radical (unpaired) electrons. The molecule has 1 aliphatic rings. The van der Waals surface area contributed by atoms with E-state index in [4.69, 9.17) is 4.74 Å². The van der Waals surface area contributed by atoms with Gasteiger partial charge in [-0.2, -0.15) is 0 Å². The van der Waals surface area contributed by atoms with Crippen molar-refractivity contribution in [1.29, 1.82) is 0 Å². The molecule has 0 saturated heterocycles. The topological polar surface area (TPSA) is 111 Å². The number of hydrogen-bond acceptors (Lipinski definition) is 5. The van der Waals surface area contributed by atoms with Crippen molar-refractivity contribution in [2.45, 2.75) is 38.6 Å².